The fourth-order valence-electron chi connectivity index (χ4n) is 1.30. The van der Waals surface area contributed by atoms with E-state index in [0.29, 0.717) is 25.5 Å². The molecule has 0 saturated heterocycles. The molecule has 0 spiro atoms. The van der Waals surface area contributed by atoms with Crippen LogP contribution in [0.3, 0.4) is 0 Å². The number of hydrogen-bond acceptors (Lipinski definition) is 5. The topological polar surface area (TPSA) is 77.5 Å². The second-order valence-electron chi connectivity index (χ2n) is 3.39. The molecule has 0 aliphatic heterocycles. The predicted octanol–water partition coefficient (Wildman–Crippen LogP) is 1.70. The van der Waals surface area contributed by atoms with Gasteiger partial charge in [-0.15, -0.1) is 0 Å². The molecule has 16 heavy (non-hydrogen) atoms. The molecule has 0 radical (unpaired) electrons. The monoisotopic (exact) mass is 228 g/mol. The molecule has 0 amide bonds. The first-order valence-corrected chi connectivity index (χ1v) is 5.19. The van der Waals surface area contributed by atoms with E-state index in [2.05, 4.69) is 5.32 Å². The van der Waals surface area contributed by atoms with E-state index in [1.165, 1.54) is 6.07 Å². The van der Waals surface area contributed by atoms with Crippen molar-refractivity contribution < 1.29 is 14.1 Å². The van der Waals surface area contributed by atoms with Crippen LogP contribution < -0.4 is 5.32 Å². The second-order valence-corrected chi connectivity index (χ2v) is 3.39. The minimum Gasteiger partial charge on any atom is -0.404 e. The highest BCUT2D eigenvalue weighted by atomic mass is 16.6. The van der Waals surface area contributed by atoms with Crippen molar-refractivity contribution in [3.63, 3.8) is 0 Å². The highest BCUT2D eigenvalue weighted by molar-refractivity contribution is 5.17. The van der Waals surface area contributed by atoms with Crippen molar-refractivity contribution in [2.45, 2.75) is 26.5 Å². The summed E-state index contributed by atoms with van der Waals surface area (Å²) in [5.74, 6) is 0.324. The third kappa shape index (κ3) is 4.00. The highest BCUT2D eigenvalue weighted by Crippen LogP contribution is 2.15. The normalized spacial score (nSPS) is 12.6. The molecule has 1 aromatic rings. The lowest BCUT2D eigenvalue weighted by atomic mass is 10.4. The molecule has 1 atom stereocenters. The molecule has 0 saturated carbocycles. The van der Waals surface area contributed by atoms with Gasteiger partial charge in [0.25, 0.3) is 0 Å². The van der Waals surface area contributed by atoms with Gasteiger partial charge in [0, 0.05) is 13.2 Å². The van der Waals surface area contributed by atoms with Crippen LogP contribution in [0.15, 0.2) is 16.5 Å². The van der Waals surface area contributed by atoms with E-state index < -0.39 is 4.92 Å². The van der Waals surface area contributed by atoms with E-state index in [9.17, 15) is 10.1 Å². The summed E-state index contributed by atoms with van der Waals surface area (Å²) in [5, 5.41) is 13.5. The van der Waals surface area contributed by atoms with E-state index in [-0.39, 0.29) is 12.0 Å². The van der Waals surface area contributed by atoms with Crippen molar-refractivity contribution in [3.05, 3.63) is 28.0 Å². The van der Waals surface area contributed by atoms with Gasteiger partial charge in [-0.05, 0) is 19.9 Å². The zero-order chi connectivity index (χ0) is 12.0. The Balaban J connectivity index is 2.29. The first-order valence-electron chi connectivity index (χ1n) is 5.19. The Labute approximate surface area is 93.7 Å². The molecule has 0 bridgehead atoms. The van der Waals surface area contributed by atoms with Crippen LogP contribution in [-0.4, -0.2) is 24.2 Å². The van der Waals surface area contributed by atoms with Gasteiger partial charge in [-0.25, -0.2) is 0 Å². The summed E-state index contributed by atoms with van der Waals surface area (Å²) >= 11 is 0. The quantitative estimate of drug-likeness (QED) is 0.567. The Morgan fingerprint density at radius 2 is 2.38 bits per heavy atom. The van der Waals surface area contributed by atoms with E-state index in [1.54, 1.807) is 6.07 Å². The van der Waals surface area contributed by atoms with Gasteiger partial charge >= 0.3 is 5.88 Å². The molecule has 90 valence electrons. The van der Waals surface area contributed by atoms with Crippen molar-refractivity contribution in [3.8, 4) is 0 Å². The lowest BCUT2D eigenvalue weighted by molar-refractivity contribution is -0.402. The average molecular weight is 228 g/mol. The van der Waals surface area contributed by atoms with Crippen molar-refractivity contribution in [1.29, 1.82) is 0 Å². The van der Waals surface area contributed by atoms with Crippen LogP contribution in [0.1, 0.15) is 19.6 Å². The van der Waals surface area contributed by atoms with E-state index >= 15 is 0 Å². The molecule has 1 N–H and O–H groups in total. The summed E-state index contributed by atoms with van der Waals surface area (Å²) in [6.45, 7) is 5.72. The van der Waals surface area contributed by atoms with Crippen molar-refractivity contribution in [2.24, 2.45) is 0 Å². The third-order valence-electron chi connectivity index (χ3n) is 2.01. The zero-order valence-electron chi connectivity index (χ0n) is 9.43. The summed E-state index contributed by atoms with van der Waals surface area (Å²) in [5.41, 5.74) is 0. The van der Waals surface area contributed by atoms with Crippen LogP contribution >= 0.6 is 0 Å². The minimum absolute atomic E-state index is 0.120. The summed E-state index contributed by atoms with van der Waals surface area (Å²) in [7, 11) is 0. The van der Waals surface area contributed by atoms with Gasteiger partial charge in [-0.2, -0.15) is 0 Å². The van der Waals surface area contributed by atoms with Crippen molar-refractivity contribution in [2.75, 3.05) is 13.2 Å². The Morgan fingerprint density at radius 3 is 2.94 bits per heavy atom. The summed E-state index contributed by atoms with van der Waals surface area (Å²) in [6, 6.07) is 2.94. The standard InChI is InChI=1S/C10H16N2O4/c1-3-15-8(2)6-11-7-9-4-5-10(16-9)12(13)14/h4-5,8,11H,3,6-7H2,1-2H3. The molecular formula is C10H16N2O4. The van der Waals surface area contributed by atoms with Gasteiger partial charge in [-0.1, -0.05) is 0 Å². The SMILES string of the molecule is CCOC(C)CNCc1ccc([N+](=O)[O-])o1. The molecule has 1 unspecified atom stereocenters. The maximum absolute atomic E-state index is 10.4. The molecular weight excluding hydrogens is 212 g/mol. The number of nitrogens with one attached hydrogen (secondary N) is 1. The van der Waals surface area contributed by atoms with E-state index in [0.717, 1.165) is 0 Å². The summed E-state index contributed by atoms with van der Waals surface area (Å²) < 4.78 is 10.3. The van der Waals surface area contributed by atoms with E-state index in [1.807, 2.05) is 13.8 Å². The molecule has 6 nitrogen and oxygen atoms in total. The van der Waals surface area contributed by atoms with Gasteiger partial charge < -0.3 is 14.5 Å². The molecule has 6 heteroatoms. The number of nitrogens with zero attached hydrogens (tertiary/aromatic N) is 1. The highest BCUT2D eigenvalue weighted by Gasteiger charge is 2.11. The van der Waals surface area contributed by atoms with Crippen LogP contribution in [0.25, 0.3) is 0 Å². The van der Waals surface area contributed by atoms with Crippen LogP contribution in [0, 0.1) is 10.1 Å². The maximum Gasteiger partial charge on any atom is 0.433 e. The number of rotatable bonds is 7. The summed E-state index contributed by atoms with van der Waals surface area (Å²) in [4.78, 5) is 9.80. The first-order chi connectivity index (χ1) is 7.63. The van der Waals surface area contributed by atoms with Crippen LogP contribution in [0.5, 0.6) is 0 Å². The van der Waals surface area contributed by atoms with Crippen LogP contribution in [0.2, 0.25) is 0 Å². The molecule has 0 aliphatic rings. The van der Waals surface area contributed by atoms with Gasteiger partial charge in [0.15, 0.2) is 0 Å². The second kappa shape index (κ2) is 6.24. The molecule has 0 aliphatic carbocycles. The van der Waals surface area contributed by atoms with Gasteiger partial charge in [0.1, 0.15) is 10.7 Å². The third-order valence-corrected chi connectivity index (χ3v) is 2.01. The fraction of sp³-hybridized carbons (Fsp3) is 0.600. The first kappa shape index (κ1) is 12.7. The number of hydrogen-bond donors (Lipinski definition) is 1. The van der Waals surface area contributed by atoms with Gasteiger partial charge in [-0.3, -0.25) is 10.1 Å². The van der Waals surface area contributed by atoms with Crippen molar-refractivity contribution >= 4 is 5.88 Å². The Bertz CT molecular complexity index is 337. The number of nitro groups is 1. The number of furan rings is 1. The summed E-state index contributed by atoms with van der Waals surface area (Å²) in [6.07, 6.45) is 0.120. The largest absolute Gasteiger partial charge is 0.433 e. The van der Waals surface area contributed by atoms with Crippen LogP contribution in [0.4, 0.5) is 5.88 Å². The lowest BCUT2D eigenvalue weighted by Gasteiger charge is -2.11. The zero-order valence-corrected chi connectivity index (χ0v) is 9.43. The molecule has 0 fully saturated rings. The Hall–Kier alpha value is -1.40. The maximum atomic E-state index is 10.4. The Kier molecular flexibility index (Phi) is 4.94. The average Bonchev–Trinajstić information content (AvgIpc) is 2.67. The minimum atomic E-state index is -0.549. The smallest absolute Gasteiger partial charge is 0.404 e. The molecule has 1 rings (SSSR count). The predicted molar refractivity (Wildman–Crippen MR) is 58.2 cm³/mol. The fourth-order valence-corrected chi connectivity index (χ4v) is 1.30. The van der Waals surface area contributed by atoms with E-state index in [4.69, 9.17) is 9.15 Å². The Morgan fingerprint density at radius 1 is 1.62 bits per heavy atom. The molecule has 1 aromatic heterocycles. The van der Waals surface area contributed by atoms with Crippen LogP contribution in [-0.2, 0) is 11.3 Å². The lowest BCUT2D eigenvalue weighted by Crippen LogP contribution is -2.26. The van der Waals surface area contributed by atoms with Gasteiger partial charge in [0.2, 0.25) is 0 Å². The molecule has 0 aromatic carbocycles. The van der Waals surface area contributed by atoms with Crippen molar-refractivity contribution in [1.82, 2.24) is 5.32 Å². The van der Waals surface area contributed by atoms with Gasteiger partial charge in [0.05, 0.1) is 18.7 Å². The number of ether oxygens (including phenoxy) is 1. The molecule has 1 heterocycles.